The molecular formula is C12H18N2O4. The first kappa shape index (κ1) is 11.7. The maximum atomic E-state index is 11.5. The van der Waals surface area contributed by atoms with Crippen LogP contribution in [0.5, 0.6) is 0 Å². The normalized spacial score (nSPS) is 49.1. The first-order chi connectivity index (χ1) is 8.37. The van der Waals surface area contributed by atoms with E-state index in [1.54, 1.807) is 0 Å². The van der Waals surface area contributed by atoms with Crippen LogP contribution in [0.1, 0.15) is 39.0 Å². The summed E-state index contributed by atoms with van der Waals surface area (Å²) in [4.78, 5) is 22.3. The van der Waals surface area contributed by atoms with Crippen LogP contribution in [-0.2, 0) is 0 Å². The van der Waals surface area contributed by atoms with Crippen molar-refractivity contribution in [2.24, 2.45) is 17.8 Å². The Balaban J connectivity index is 1.99. The number of nitro groups is 1. The molecule has 6 nitrogen and oxygen atoms in total. The molecule has 0 aromatic rings. The molecule has 2 N–H and O–H groups in total. The molecule has 1 amide bonds. The highest BCUT2D eigenvalue weighted by Crippen LogP contribution is 2.61. The number of amides is 1. The van der Waals surface area contributed by atoms with Gasteiger partial charge in [-0.1, -0.05) is 6.92 Å². The zero-order valence-corrected chi connectivity index (χ0v) is 10.4. The Hall–Kier alpha value is -1.33. The van der Waals surface area contributed by atoms with Crippen molar-refractivity contribution in [3.63, 3.8) is 0 Å². The van der Waals surface area contributed by atoms with E-state index in [-0.39, 0.29) is 10.8 Å². The van der Waals surface area contributed by atoms with Gasteiger partial charge in [-0.2, -0.15) is 0 Å². The molecule has 4 aliphatic carbocycles. The van der Waals surface area contributed by atoms with Crippen molar-refractivity contribution in [2.45, 2.75) is 50.1 Å². The summed E-state index contributed by atoms with van der Waals surface area (Å²) >= 11 is 0. The molecule has 0 aromatic carbocycles. The molecule has 0 aromatic heterocycles. The smallest absolute Gasteiger partial charge is 0.405 e. The van der Waals surface area contributed by atoms with Gasteiger partial charge in [-0.3, -0.25) is 10.1 Å². The lowest BCUT2D eigenvalue weighted by Crippen LogP contribution is -2.70. The summed E-state index contributed by atoms with van der Waals surface area (Å²) in [7, 11) is 0. The Morgan fingerprint density at radius 1 is 1.44 bits per heavy atom. The van der Waals surface area contributed by atoms with E-state index in [2.05, 4.69) is 5.32 Å². The highest BCUT2D eigenvalue weighted by atomic mass is 16.6. The average Bonchev–Trinajstić information content (AvgIpc) is 2.22. The first-order valence-corrected chi connectivity index (χ1v) is 6.52. The van der Waals surface area contributed by atoms with Gasteiger partial charge in [0.05, 0.1) is 5.54 Å². The number of hydrogen-bond acceptors (Lipinski definition) is 3. The fraction of sp³-hybridized carbons (Fsp3) is 0.917. The molecule has 5 unspecified atom stereocenters. The van der Waals surface area contributed by atoms with Crippen LogP contribution in [0.4, 0.5) is 4.79 Å². The van der Waals surface area contributed by atoms with Crippen molar-refractivity contribution in [1.82, 2.24) is 5.32 Å². The molecular weight excluding hydrogens is 236 g/mol. The van der Waals surface area contributed by atoms with Gasteiger partial charge >= 0.3 is 6.09 Å². The van der Waals surface area contributed by atoms with Gasteiger partial charge in [0, 0.05) is 23.7 Å². The van der Waals surface area contributed by atoms with Crippen molar-refractivity contribution in [2.75, 3.05) is 0 Å². The van der Waals surface area contributed by atoms with Crippen LogP contribution in [0.3, 0.4) is 0 Å². The lowest BCUT2D eigenvalue weighted by molar-refractivity contribution is -0.600. The lowest BCUT2D eigenvalue weighted by Gasteiger charge is -2.60. The average molecular weight is 254 g/mol. The molecule has 0 radical (unpaired) electrons. The van der Waals surface area contributed by atoms with Crippen LogP contribution in [0.25, 0.3) is 0 Å². The van der Waals surface area contributed by atoms with Gasteiger partial charge in [0.1, 0.15) is 0 Å². The second-order valence-electron chi connectivity index (χ2n) is 6.51. The first-order valence-electron chi connectivity index (χ1n) is 6.52. The zero-order chi connectivity index (χ0) is 13.1. The van der Waals surface area contributed by atoms with Crippen molar-refractivity contribution in [3.05, 3.63) is 10.1 Å². The monoisotopic (exact) mass is 254 g/mol. The molecule has 18 heavy (non-hydrogen) atoms. The van der Waals surface area contributed by atoms with E-state index in [0.717, 1.165) is 19.3 Å². The van der Waals surface area contributed by atoms with E-state index < -0.39 is 17.2 Å². The third kappa shape index (κ3) is 1.37. The van der Waals surface area contributed by atoms with Crippen molar-refractivity contribution < 1.29 is 14.8 Å². The fourth-order valence-corrected chi connectivity index (χ4v) is 5.04. The van der Waals surface area contributed by atoms with Gasteiger partial charge in [0.2, 0.25) is 5.54 Å². The van der Waals surface area contributed by atoms with E-state index in [1.165, 1.54) is 0 Å². The standard InChI is InChI=1S/C12H18N2O4/c1-7-9-2-8-3-11(5-9,13-10(15)16)6-12(7,4-8)14(17)18/h7-9,13H,2-6H2,1H3,(H,15,16). The Morgan fingerprint density at radius 3 is 2.78 bits per heavy atom. The third-order valence-electron chi connectivity index (χ3n) is 5.55. The molecule has 4 aliphatic rings. The summed E-state index contributed by atoms with van der Waals surface area (Å²) in [6.45, 7) is 1.97. The molecule has 100 valence electrons. The molecule has 0 heterocycles. The Labute approximate surface area is 105 Å². The van der Waals surface area contributed by atoms with Crippen LogP contribution in [-0.4, -0.2) is 27.2 Å². The van der Waals surface area contributed by atoms with Gasteiger partial charge in [0.25, 0.3) is 0 Å². The summed E-state index contributed by atoms with van der Waals surface area (Å²) in [5.41, 5.74) is -1.44. The third-order valence-corrected chi connectivity index (χ3v) is 5.55. The van der Waals surface area contributed by atoms with Gasteiger partial charge in [-0.25, -0.2) is 4.79 Å². The minimum atomic E-state index is -1.05. The summed E-state index contributed by atoms with van der Waals surface area (Å²) in [5.74, 6) is 0.669. The Bertz CT molecular complexity index is 426. The van der Waals surface area contributed by atoms with Gasteiger partial charge in [-0.05, 0) is 31.1 Å². The maximum Gasteiger partial charge on any atom is 0.405 e. The highest BCUT2D eigenvalue weighted by Gasteiger charge is 2.68. The topological polar surface area (TPSA) is 92.5 Å². The molecule has 4 rings (SSSR count). The van der Waals surface area contributed by atoms with E-state index in [1.807, 2.05) is 6.92 Å². The van der Waals surface area contributed by atoms with E-state index in [4.69, 9.17) is 5.11 Å². The predicted octanol–water partition coefficient (Wildman–Crippen LogP) is 1.87. The highest BCUT2D eigenvalue weighted by molar-refractivity contribution is 5.66. The number of hydrogen-bond donors (Lipinski definition) is 2. The van der Waals surface area contributed by atoms with Gasteiger partial charge in [-0.15, -0.1) is 0 Å². The number of nitrogens with zero attached hydrogens (tertiary/aromatic N) is 1. The quantitative estimate of drug-likeness (QED) is 0.581. The van der Waals surface area contributed by atoms with Crippen molar-refractivity contribution in [3.8, 4) is 0 Å². The summed E-state index contributed by atoms with van der Waals surface area (Å²) in [6, 6.07) is 0. The van der Waals surface area contributed by atoms with Gasteiger partial charge < -0.3 is 10.4 Å². The summed E-state index contributed by atoms with van der Waals surface area (Å²) < 4.78 is 0. The van der Waals surface area contributed by atoms with Crippen molar-refractivity contribution in [1.29, 1.82) is 0 Å². The molecule has 4 bridgehead atoms. The molecule has 0 aliphatic heterocycles. The minimum absolute atomic E-state index is 0.0627. The number of nitrogens with one attached hydrogen (secondary N) is 1. The van der Waals surface area contributed by atoms with Crippen molar-refractivity contribution >= 4 is 6.09 Å². The molecule has 6 heteroatoms. The minimum Gasteiger partial charge on any atom is -0.465 e. The molecule has 5 atom stereocenters. The maximum absolute atomic E-state index is 11.5. The largest absolute Gasteiger partial charge is 0.465 e. The molecule has 0 saturated heterocycles. The fourth-order valence-electron chi connectivity index (χ4n) is 5.04. The predicted molar refractivity (Wildman–Crippen MR) is 62.8 cm³/mol. The van der Waals surface area contributed by atoms with E-state index >= 15 is 0 Å². The second-order valence-corrected chi connectivity index (χ2v) is 6.51. The number of rotatable bonds is 2. The van der Waals surface area contributed by atoms with Crippen LogP contribution in [0.2, 0.25) is 0 Å². The summed E-state index contributed by atoms with van der Waals surface area (Å²) in [5, 5.41) is 23.1. The Kier molecular flexibility index (Phi) is 2.19. The van der Waals surface area contributed by atoms with Crippen LogP contribution in [0, 0.1) is 27.9 Å². The Morgan fingerprint density at radius 2 is 2.17 bits per heavy atom. The number of carboxylic acid groups (broad SMARTS) is 1. The van der Waals surface area contributed by atoms with Gasteiger partial charge in [0.15, 0.2) is 0 Å². The molecule has 4 fully saturated rings. The lowest BCUT2D eigenvalue weighted by atomic mass is 9.46. The SMILES string of the molecule is CC1C2CC3CC(NC(=O)O)(C2)CC1([N+](=O)[O-])C3. The van der Waals surface area contributed by atoms with Crippen LogP contribution in [0.15, 0.2) is 0 Å². The molecule has 0 spiro atoms. The van der Waals surface area contributed by atoms with E-state index in [0.29, 0.717) is 24.7 Å². The van der Waals surface area contributed by atoms with Crippen LogP contribution >= 0.6 is 0 Å². The summed E-state index contributed by atoms with van der Waals surface area (Å²) in [6.07, 6.45) is 2.52. The van der Waals surface area contributed by atoms with E-state index in [9.17, 15) is 14.9 Å². The zero-order valence-electron chi connectivity index (χ0n) is 10.4. The number of carbonyl (C=O) groups is 1. The second kappa shape index (κ2) is 3.36. The van der Waals surface area contributed by atoms with Crippen LogP contribution < -0.4 is 5.32 Å². The molecule has 4 saturated carbocycles.